The maximum absolute atomic E-state index is 13.7. The van der Waals surface area contributed by atoms with E-state index in [-0.39, 0.29) is 23.2 Å². The van der Waals surface area contributed by atoms with Crippen LogP contribution < -0.4 is 15.8 Å². The molecule has 3 rings (SSSR count). The Morgan fingerprint density at radius 3 is 2.93 bits per heavy atom. The molecule has 7 nitrogen and oxygen atoms in total. The van der Waals surface area contributed by atoms with Gasteiger partial charge in [-0.15, -0.1) is 0 Å². The van der Waals surface area contributed by atoms with E-state index in [9.17, 15) is 14.0 Å². The number of nitrogens with zero attached hydrogens (tertiary/aromatic N) is 3. The minimum Gasteiger partial charge on any atom is -0.383 e. The number of hydrogen-bond donors (Lipinski definition) is 1. The minimum absolute atomic E-state index is 0.131. The third-order valence-electron chi connectivity index (χ3n) is 5.18. The Morgan fingerprint density at radius 1 is 1.38 bits per heavy atom. The van der Waals surface area contributed by atoms with Gasteiger partial charge in [0.1, 0.15) is 5.82 Å². The van der Waals surface area contributed by atoms with Gasteiger partial charge in [0.2, 0.25) is 5.91 Å². The van der Waals surface area contributed by atoms with Gasteiger partial charge in [0.25, 0.3) is 5.56 Å². The van der Waals surface area contributed by atoms with Gasteiger partial charge < -0.3 is 15.0 Å². The Kier molecular flexibility index (Phi) is 6.98. The Hall–Kier alpha value is -2.74. The van der Waals surface area contributed by atoms with E-state index >= 15 is 0 Å². The summed E-state index contributed by atoms with van der Waals surface area (Å²) in [6.07, 6.45) is 3.91. The van der Waals surface area contributed by atoms with Gasteiger partial charge in [-0.1, -0.05) is 6.07 Å². The average molecular weight is 402 g/mol. The predicted molar refractivity (Wildman–Crippen MR) is 110 cm³/mol. The lowest BCUT2D eigenvalue weighted by Crippen LogP contribution is -2.38. The zero-order chi connectivity index (χ0) is 20.8. The van der Waals surface area contributed by atoms with Gasteiger partial charge >= 0.3 is 0 Å². The number of aryl methyl sites for hydroxylation is 1. The maximum atomic E-state index is 13.7. The Morgan fingerprint density at radius 2 is 2.21 bits per heavy atom. The molecule has 1 N–H and O–H groups in total. The Labute approximate surface area is 169 Å². The standard InChI is InChI=1S/C21H27FN4O3/c1-15-5-6-17(11-19(15)22)24-20(27)10-16-4-3-7-25(14-16)18-12-21(28)26(23-13-18)8-9-29-2/h5-6,11-13,16H,3-4,7-10,14H2,1-2H3,(H,24,27). The third-order valence-corrected chi connectivity index (χ3v) is 5.18. The highest BCUT2D eigenvalue weighted by Gasteiger charge is 2.23. The van der Waals surface area contributed by atoms with E-state index in [0.717, 1.165) is 25.1 Å². The molecule has 1 aliphatic rings. The van der Waals surface area contributed by atoms with Crippen LogP contribution in [-0.4, -0.2) is 42.5 Å². The van der Waals surface area contributed by atoms with E-state index in [2.05, 4.69) is 15.3 Å². The second-order valence-electron chi connectivity index (χ2n) is 7.44. The van der Waals surface area contributed by atoms with Crippen molar-refractivity contribution in [1.82, 2.24) is 9.78 Å². The molecule has 0 radical (unpaired) electrons. The maximum Gasteiger partial charge on any atom is 0.268 e. The van der Waals surface area contributed by atoms with Gasteiger partial charge in [0.05, 0.1) is 25.0 Å². The summed E-state index contributed by atoms with van der Waals surface area (Å²) in [6, 6.07) is 6.27. The number of hydrogen-bond acceptors (Lipinski definition) is 5. The predicted octanol–water partition coefficient (Wildman–Crippen LogP) is 2.58. The number of amides is 1. The summed E-state index contributed by atoms with van der Waals surface area (Å²) in [5.74, 6) is -0.303. The number of halogens is 1. The van der Waals surface area contributed by atoms with E-state index in [0.29, 0.717) is 37.4 Å². The van der Waals surface area contributed by atoms with Crippen LogP contribution in [0.3, 0.4) is 0 Å². The third kappa shape index (κ3) is 5.63. The number of aromatic nitrogens is 2. The summed E-state index contributed by atoms with van der Waals surface area (Å²) < 4.78 is 20.0. The molecule has 0 bridgehead atoms. The number of benzene rings is 1. The molecule has 0 aliphatic carbocycles. The molecule has 1 aliphatic heterocycles. The summed E-state index contributed by atoms with van der Waals surface area (Å²) in [7, 11) is 1.58. The average Bonchev–Trinajstić information content (AvgIpc) is 2.70. The fraction of sp³-hybridized carbons (Fsp3) is 0.476. The lowest BCUT2D eigenvalue weighted by molar-refractivity contribution is -0.117. The van der Waals surface area contributed by atoms with Crippen LogP contribution in [0, 0.1) is 18.7 Å². The van der Waals surface area contributed by atoms with Crippen LogP contribution in [0.4, 0.5) is 15.8 Å². The summed E-state index contributed by atoms with van der Waals surface area (Å²) in [5.41, 5.74) is 1.62. The fourth-order valence-corrected chi connectivity index (χ4v) is 3.55. The van der Waals surface area contributed by atoms with E-state index in [1.807, 2.05) is 0 Å². The molecule has 29 heavy (non-hydrogen) atoms. The van der Waals surface area contributed by atoms with Gasteiger partial charge in [0, 0.05) is 38.4 Å². The molecule has 1 saturated heterocycles. The first-order valence-corrected chi connectivity index (χ1v) is 9.83. The van der Waals surface area contributed by atoms with Gasteiger partial charge in [0.15, 0.2) is 0 Å². The number of anilines is 2. The van der Waals surface area contributed by atoms with Crippen molar-refractivity contribution in [2.24, 2.45) is 5.92 Å². The number of carbonyl (C=O) groups excluding carboxylic acids is 1. The Bertz CT molecular complexity index is 915. The molecule has 2 aromatic rings. The lowest BCUT2D eigenvalue weighted by Gasteiger charge is -2.34. The molecular weight excluding hydrogens is 375 g/mol. The zero-order valence-corrected chi connectivity index (χ0v) is 16.9. The van der Waals surface area contributed by atoms with Crippen molar-refractivity contribution >= 4 is 17.3 Å². The SMILES string of the molecule is COCCn1ncc(N2CCCC(CC(=O)Nc3ccc(C)c(F)c3)C2)cc1=O. The second kappa shape index (κ2) is 9.65. The van der Waals surface area contributed by atoms with E-state index in [4.69, 9.17) is 4.74 Å². The second-order valence-corrected chi connectivity index (χ2v) is 7.44. The highest BCUT2D eigenvalue weighted by atomic mass is 19.1. The van der Waals surface area contributed by atoms with Gasteiger partial charge in [-0.2, -0.15) is 5.10 Å². The zero-order valence-electron chi connectivity index (χ0n) is 16.9. The first kappa shape index (κ1) is 21.0. The molecule has 1 fully saturated rings. The van der Waals surface area contributed by atoms with Gasteiger partial charge in [-0.25, -0.2) is 9.07 Å². The van der Waals surface area contributed by atoms with Gasteiger partial charge in [-0.3, -0.25) is 9.59 Å². The quantitative estimate of drug-likeness (QED) is 0.770. The number of piperidine rings is 1. The highest BCUT2D eigenvalue weighted by Crippen LogP contribution is 2.24. The summed E-state index contributed by atoms with van der Waals surface area (Å²) in [5, 5.41) is 6.99. The monoisotopic (exact) mass is 402 g/mol. The number of methoxy groups -OCH3 is 1. The molecule has 1 unspecified atom stereocenters. The van der Waals surface area contributed by atoms with E-state index in [1.54, 1.807) is 38.4 Å². The fourth-order valence-electron chi connectivity index (χ4n) is 3.55. The van der Waals surface area contributed by atoms with Gasteiger partial charge in [-0.05, 0) is 43.4 Å². The normalized spacial score (nSPS) is 16.7. The molecule has 0 saturated carbocycles. The molecule has 156 valence electrons. The van der Waals surface area contributed by atoms with Crippen LogP contribution in [0.15, 0.2) is 35.3 Å². The first-order chi connectivity index (χ1) is 14.0. The summed E-state index contributed by atoms with van der Waals surface area (Å²) in [4.78, 5) is 26.7. The van der Waals surface area contributed by atoms with Crippen molar-refractivity contribution in [3.63, 3.8) is 0 Å². The topological polar surface area (TPSA) is 76.5 Å². The van der Waals surface area contributed by atoms with Crippen LogP contribution in [0.1, 0.15) is 24.8 Å². The van der Waals surface area contributed by atoms with Crippen LogP contribution in [-0.2, 0) is 16.1 Å². The van der Waals surface area contributed by atoms with E-state index in [1.165, 1.54) is 10.7 Å². The first-order valence-electron chi connectivity index (χ1n) is 9.83. The number of nitrogens with one attached hydrogen (secondary N) is 1. The molecule has 1 aromatic heterocycles. The molecule has 0 spiro atoms. The van der Waals surface area contributed by atoms with Crippen molar-refractivity contribution < 1.29 is 13.9 Å². The Balaban J connectivity index is 1.58. The smallest absolute Gasteiger partial charge is 0.268 e. The number of carbonyl (C=O) groups is 1. The van der Waals surface area contributed by atoms with E-state index < -0.39 is 0 Å². The summed E-state index contributed by atoms with van der Waals surface area (Å²) >= 11 is 0. The molecular formula is C21H27FN4O3. The van der Waals surface area contributed by atoms with Crippen molar-refractivity contribution in [3.05, 3.63) is 52.2 Å². The van der Waals surface area contributed by atoms with Crippen molar-refractivity contribution in [2.45, 2.75) is 32.7 Å². The van der Waals surface area contributed by atoms with Crippen LogP contribution in [0.2, 0.25) is 0 Å². The van der Waals surface area contributed by atoms with Crippen molar-refractivity contribution in [3.8, 4) is 0 Å². The van der Waals surface area contributed by atoms with Crippen LogP contribution >= 0.6 is 0 Å². The molecule has 8 heteroatoms. The van der Waals surface area contributed by atoms with Crippen molar-refractivity contribution in [2.75, 3.05) is 37.0 Å². The molecule has 2 heterocycles. The minimum atomic E-state index is -0.334. The van der Waals surface area contributed by atoms with Crippen LogP contribution in [0.5, 0.6) is 0 Å². The van der Waals surface area contributed by atoms with Crippen LogP contribution in [0.25, 0.3) is 0 Å². The number of ether oxygens (including phenoxy) is 1. The molecule has 1 aromatic carbocycles. The summed E-state index contributed by atoms with van der Waals surface area (Å²) in [6.45, 7) is 4.03. The van der Waals surface area contributed by atoms with Crippen molar-refractivity contribution in [1.29, 1.82) is 0 Å². The number of rotatable bonds is 7. The largest absolute Gasteiger partial charge is 0.383 e. The lowest BCUT2D eigenvalue weighted by atomic mass is 9.94. The molecule has 1 amide bonds. The highest BCUT2D eigenvalue weighted by molar-refractivity contribution is 5.90. The molecule has 1 atom stereocenters.